The van der Waals surface area contributed by atoms with Crippen LogP contribution in [0.5, 0.6) is 0 Å². The summed E-state index contributed by atoms with van der Waals surface area (Å²) in [6, 6.07) is 11.3. The second-order valence-electron chi connectivity index (χ2n) is 6.36. The summed E-state index contributed by atoms with van der Waals surface area (Å²) in [5.41, 5.74) is 7.12. The summed E-state index contributed by atoms with van der Waals surface area (Å²) in [5, 5.41) is 4.93. The SMILES string of the molecule is Cl.N[C@@H]1CCN(C(=O)c2cccc(NC(=O)CCCc3cccs3)c2)C1. The van der Waals surface area contributed by atoms with Crippen LogP contribution in [-0.4, -0.2) is 35.8 Å². The van der Waals surface area contributed by atoms with E-state index in [4.69, 9.17) is 5.73 Å². The van der Waals surface area contributed by atoms with E-state index in [1.807, 2.05) is 17.5 Å². The number of aryl methyl sites for hydroxylation is 1. The first-order chi connectivity index (χ1) is 12.1. The van der Waals surface area contributed by atoms with E-state index < -0.39 is 0 Å². The molecule has 2 amide bonds. The molecule has 140 valence electrons. The van der Waals surface area contributed by atoms with E-state index in [1.54, 1.807) is 34.4 Å². The number of nitrogens with two attached hydrogens (primary N) is 1. The molecule has 1 aromatic carbocycles. The van der Waals surface area contributed by atoms with E-state index in [0.717, 1.165) is 19.3 Å². The van der Waals surface area contributed by atoms with Crippen molar-refractivity contribution in [3.05, 3.63) is 52.2 Å². The Morgan fingerprint density at radius 1 is 1.27 bits per heavy atom. The van der Waals surface area contributed by atoms with Crippen LogP contribution in [0.25, 0.3) is 0 Å². The summed E-state index contributed by atoms with van der Waals surface area (Å²) in [7, 11) is 0. The quantitative estimate of drug-likeness (QED) is 0.790. The first-order valence-electron chi connectivity index (χ1n) is 8.59. The maximum absolute atomic E-state index is 12.5. The van der Waals surface area contributed by atoms with Crippen LogP contribution >= 0.6 is 23.7 Å². The van der Waals surface area contributed by atoms with Crippen LogP contribution in [0, 0.1) is 0 Å². The average molecular weight is 394 g/mol. The first-order valence-corrected chi connectivity index (χ1v) is 9.47. The lowest BCUT2D eigenvalue weighted by molar-refractivity contribution is -0.116. The van der Waals surface area contributed by atoms with Crippen LogP contribution in [0.3, 0.4) is 0 Å². The van der Waals surface area contributed by atoms with Crippen molar-refractivity contribution >= 4 is 41.2 Å². The van der Waals surface area contributed by atoms with Gasteiger partial charge < -0.3 is 16.0 Å². The third-order valence-corrected chi connectivity index (χ3v) is 5.25. The van der Waals surface area contributed by atoms with E-state index in [0.29, 0.717) is 30.8 Å². The Bertz CT molecular complexity index is 736. The smallest absolute Gasteiger partial charge is 0.253 e. The molecule has 0 aliphatic carbocycles. The number of rotatable bonds is 6. The van der Waals surface area contributed by atoms with Crippen LogP contribution in [0.15, 0.2) is 41.8 Å². The Hall–Kier alpha value is -1.89. The number of halogens is 1. The zero-order valence-corrected chi connectivity index (χ0v) is 16.2. The molecule has 5 nitrogen and oxygen atoms in total. The third kappa shape index (κ3) is 5.56. The average Bonchev–Trinajstić information content (AvgIpc) is 3.26. The van der Waals surface area contributed by atoms with Crippen LogP contribution < -0.4 is 11.1 Å². The second-order valence-corrected chi connectivity index (χ2v) is 7.39. The molecule has 0 unspecified atom stereocenters. The Morgan fingerprint density at radius 2 is 2.12 bits per heavy atom. The summed E-state index contributed by atoms with van der Waals surface area (Å²) in [4.78, 5) is 27.7. The monoisotopic (exact) mass is 393 g/mol. The fourth-order valence-corrected chi connectivity index (χ4v) is 3.74. The summed E-state index contributed by atoms with van der Waals surface area (Å²) in [5.74, 6) is -0.0499. The van der Waals surface area contributed by atoms with Crippen molar-refractivity contribution in [1.82, 2.24) is 4.90 Å². The zero-order valence-electron chi connectivity index (χ0n) is 14.5. The van der Waals surface area contributed by atoms with E-state index in [1.165, 1.54) is 4.88 Å². The molecule has 3 rings (SSSR count). The van der Waals surface area contributed by atoms with Crippen molar-refractivity contribution < 1.29 is 9.59 Å². The number of nitrogens with one attached hydrogen (secondary N) is 1. The molecule has 1 aliphatic rings. The molecule has 7 heteroatoms. The molecule has 0 radical (unpaired) electrons. The third-order valence-electron chi connectivity index (χ3n) is 4.31. The molecule has 26 heavy (non-hydrogen) atoms. The minimum absolute atomic E-state index is 0. The van der Waals surface area contributed by atoms with Gasteiger partial charge in [0, 0.05) is 41.7 Å². The van der Waals surface area contributed by atoms with E-state index in [-0.39, 0.29) is 30.3 Å². The second kappa shape index (κ2) is 9.71. The van der Waals surface area contributed by atoms with Gasteiger partial charge >= 0.3 is 0 Å². The van der Waals surface area contributed by atoms with E-state index in [9.17, 15) is 9.59 Å². The largest absolute Gasteiger partial charge is 0.337 e. The lowest BCUT2D eigenvalue weighted by atomic mass is 10.1. The standard InChI is InChI=1S/C19H23N3O2S.ClH/c20-15-9-10-22(13-15)19(24)14-4-1-5-16(12-14)21-18(23)8-2-6-17-7-3-11-25-17;/h1,3-5,7,11-12,15H,2,6,8-10,13,20H2,(H,21,23);1H/t15-;/m1./s1. The Balaban J connectivity index is 0.00000243. The first kappa shape index (κ1) is 20.4. The summed E-state index contributed by atoms with van der Waals surface area (Å²) >= 11 is 1.71. The molecule has 0 saturated carbocycles. The number of nitrogens with zero attached hydrogens (tertiary/aromatic N) is 1. The lowest BCUT2D eigenvalue weighted by Gasteiger charge is -2.16. The van der Waals surface area contributed by atoms with Gasteiger partial charge in [-0.25, -0.2) is 0 Å². The van der Waals surface area contributed by atoms with Gasteiger partial charge in [0.25, 0.3) is 5.91 Å². The van der Waals surface area contributed by atoms with Gasteiger partial charge in [0.15, 0.2) is 0 Å². The van der Waals surface area contributed by atoms with Gasteiger partial charge in [-0.1, -0.05) is 12.1 Å². The Morgan fingerprint density at radius 3 is 2.81 bits per heavy atom. The number of hydrogen-bond donors (Lipinski definition) is 2. The summed E-state index contributed by atoms with van der Waals surface area (Å²) < 4.78 is 0. The molecular weight excluding hydrogens is 370 g/mol. The lowest BCUT2D eigenvalue weighted by Crippen LogP contribution is -2.31. The molecule has 0 spiro atoms. The molecule has 0 bridgehead atoms. The minimum atomic E-state index is -0.0262. The van der Waals surface area contributed by atoms with Crippen molar-refractivity contribution in [2.24, 2.45) is 5.73 Å². The summed E-state index contributed by atoms with van der Waals surface area (Å²) in [6.07, 6.45) is 3.04. The number of hydrogen-bond acceptors (Lipinski definition) is 4. The highest BCUT2D eigenvalue weighted by molar-refractivity contribution is 7.09. The van der Waals surface area contributed by atoms with E-state index >= 15 is 0 Å². The number of benzene rings is 1. The zero-order chi connectivity index (χ0) is 17.6. The predicted molar refractivity (Wildman–Crippen MR) is 108 cm³/mol. The normalized spacial score (nSPS) is 16.2. The van der Waals surface area contributed by atoms with Crippen LogP contribution in [-0.2, 0) is 11.2 Å². The number of amides is 2. The summed E-state index contributed by atoms with van der Waals surface area (Å²) in [6.45, 7) is 1.29. The Kier molecular flexibility index (Phi) is 7.63. The Labute approximate surface area is 164 Å². The molecule has 1 atom stereocenters. The number of anilines is 1. The number of carbonyl (C=O) groups excluding carboxylic acids is 2. The maximum atomic E-state index is 12.5. The van der Waals surface area contributed by atoms with Gasteiger partial charge in [-0.05, 0) is 48.9 Å². The minimum Gasteiger partial charge on any atom is -0.337 e. The molecule has 2 heterocycles. The maximum Gasteiger partial charge on any atom is 0.253 e. The number of likely N-dealkylation sites (tertiary alicyclic amines) is 1. The highest BCUT2D eigenvalue weighted by Crippen LogP contribution is 2.17. The van der Waals surface area contributed by atoms with Crippen LogP contribution in [0.4, 0.5) is 5.69 Å². The molecular formula is C19H24ClN3O2S. The number of thiophene rings is 1. The van der Waals surface area contributed by atoms with Gasteiger partial charge in [-0.2, -0.15) is 0 Å². The molecule has 1 fully saturated rings. The van der Waals surface area contributed by atoms with Gasteiger partial charge in [0.05, 0.1) is 0 Å². The van der Waals surface area contributed by atoms with Crippen LogP contribution in [0.1, 0.15) is 34.5 Å². The fourth-order valence-electron chi connectivity index (χ4n) is 2.99. The molecule has 3 N–H and O–H groups in total. The molecule has 1 saturated heterocycles. The van der Waals surface area contributed by atoms with Crippen molar-refractivity contribution in [2.75, 3.05) is 18.4 Å². The number of carbonyl (C=O) groups is 2. The van der Waals surface area contributed by atoms with Crippen molar-refractivity contribution in [3.8, 4) is 0 Å². The molecule has 2 aromatic rings. The van der Waals surface area contributed by atoms with Crippen molar-refractivity contribution in [3.63, 3.8) is 0 Å². The fraction of sp³-hybridized carbons (Fsp3) is 0.368. The van der Waals surface area contributed by atoms with E-state index in [2.05, 4.69) is 11.4 Å². The predicted octanol–water partition coefficient (Wildman–Crippen LogP) is 3.30. The highest BCUT2D eigenvalue weighted by atomic mass is 35.5. The van der Waals surface area contributed by atoms with Gasteiger partial charge in [0.1, 0.15) is 0 Å². The van der Waals surface area contributed by atoms with Gasteiger partial charge in [-0.15, -0.1) is 23.7 Å². The van der Waals surface area contributed by atoms with Crippen molar-refractivity contribution in [1.29, 1.82) is 0 Å². The van der Waals surface area contributed by atoms with Gasteiger partial charge in [0.2, 0.25) is 5.91 Å². The van der Waals surface area contributed by atoms with Crippen molar-refractivity contribution in [2.45, 2.75) is 31.7 Å². The highest BCUT2D eigenvalue weighted by Gasteiger charge is 2.24. The van der Waals surface area contributed by atoms with Crippen LogP contribution in [0.2, 0.25) is 0 Å². The van der Waals surface area contributed by atoms with Gasteiger partial charge in [-0.3, -0.25) is 9.59 Å². The molecule has 1 aromatic heterocycles. The molecule has 1 aliphatic heterocycles. The topological polar surface area (TPSA) is 75.4 Å².